The first-order valence-electron chi connectivity index (χ1n) is 7.95. The number of nitrogens with one attached hydrogen (secondary N) is 1. The summed E-state index contributed by atoms with van der Waals surface area (Å²) >= 11 is 1.56. The van der Waals surface area contributed by atoms with Crippen LogP contribution in [0.3, 0.4) is 0 Å². The first kappa shape index (κ1) is 18.0. The van der Waals surface area contributed by atoms with E-state index in [0.29, 0.717) is 30.9 Å². The summed E-state index contributed by atoms with van der Waals surface area (Å²) in [5.41, 5.74) is 0.657. The molecule has 0 aliphatic rings. The van der Waals surface area contributed by atoms with Gasteiger partial charge in [0.1, 0.15) is 5.75 Å². The number of hydrogen-bond acceptors (Lipinski definition) is 4. The lowest BCUT2D eigenvalue weighted by Gasteiger charge is -2.18. The second-order valence-electron chi connectivity index (χ2n) is 5.19. The van der Waals surface area contributed by atoms with E-state index in [1.165, 1.54) is 0 Å². The fourth-order valence-electron chi connectivity index (χ4n) is 2.25. The van der Waals surface area contributed by atoms with Gasteiger partial charge in [-0.05, 0) is 37.4 Å². The van der Waals surface area contributed by atoms with Crippen LogP contribution in [-0.2, 0) is 16.0 Å². The monoisotopic (exact) mass is 346 g/mol. The highest BCUT2D eigenvalue weighted by atomic mass is 32.1. The normalized spacial score (nSPS) is 10.2. The van der Waals surface area contributed by atoms with Crippen molar-refractivity contribution in [3.63, 3.8) is 0 Å². The van der Waals surface area contributed by atoms with Crippen molar-refractivity contribution in [2.75, 3.05) is 25.0 Å². The van der Waals surface area contributed by atoms with E-state index in [0.717, 1.165) is 4.88 Å². The minimum Gasteiger partial charge on any atom is -0.484 e. The number of ether oxygens (including phenoxy) is 1. The zero-order valence-electron chi connectivity index (χ0n) is 14.0. The number of anilines is 1. The molecule has 1 N–H and O–H groups in total. The molecule has 1 aromatic carbocycles. The van der Waals surface area contributed by atoms with E-state index in [-0.39, 0.29) is 18.4 Å². The van der Waals surface area contributed by atoms with Gasteiger partial charge in [0, 0.05) is 29.7 Å². The number of carbonyl (C=O) groups is 2. The van der Waals surface area contributed by atoms with Gasteiger partial charge < -0.3 is 15.0 Å². The molecule has 0 atom stereocenters. The Labute approximate surface area is 146 Å². The third-order valence-electron chi connectivity index (χ3n) is 3.51. The van der Waals surface area contributed by atoms with Crippen molar-refractivity contribution >= 4 is 28.8 Å². The molecule has 128 valence electrons. The van der Waals surface area contributed by atoms with Crippen molar-refractivity contribution in [1.29, 1.82) is 0 Å². The van der Waals surface area contributed by atoms with E-state index in [2.05, 4.69) is 5.32 Å². The maximum Gasteiger partial charge on any atom is 0.260 e. The van der Waals surface area contributed by atoms with Crippen LogP contribution >= 0.6 is 11.3 Å². The molecule has 0 aliphatic carbocycles. The smallest absolute Gasteiger partial charge is 0.260 e. The molecule has 1 aromatic heterocycles. The van der Waals surface area contributed by atoms with Crippen LogP contribution in [0, 0.1) is 0 Å². The summed E-state index contributed by atoms with van der Waals surface area (Å²) in [6.07, 6.45) is 0.350. The van der Waals surface area contributed by atoms with Gasteiger partial charge in [0.15, 0.2) is 6.61 Å². The van der Waals surface area contributed by atoms with E-state index in [9.17, 15) is 9.59 Å². The molecule has 0 radical (unpaired) electrons. The third kappa shape index (κ3) is 5.38. The zero-order valence-corrected chi connectivity index (χ0v) is 14.8. The predicted octanol–water partition coefficient (Wildman–Crippen LogP) is 3.18. The number of rotatable bonds is 8. The summed E-state index contributed by atoms with van der Waals surface area (Å²) in [5.74, 6) is 0.436. The summed E-state index contributed by atoms with van der Waals surface area (Å²) in [5, 5.41) is 4.79. The first-order valence-corrected chi connectivity index (χ1v) is 8.83. The molecule has 0 unspecified atom stereocenters. The number of likely N-dealkylation sites (N-methyl/N-ethyl adjacent to an activating group) is 1. The molecule has 6 heteroatoms. The molecule has 24 heavy (non-hydrogen) atoms. The van der Waals surface area contributed by atoms with E-state index < -0.39 is 0 Å². The Morgan fingerprint density at radius 1 is 1.17 bits per heavy atom. The maximum atomic E-state index is 12.0. The fourth-order valence-corrected chi connectivity index (χ4v) is 2.96. The Kier molecular flexibility index (Phi) is 6.81. The Hall–Kier alpha value is -2.34. The molecule has 2 amide bonds. The molecule has 2 rings (SSSR count). The molecule has 0 saturated carbocycles. The van der Waals surface area contributed by atoms with Gasteiger partial charge in [-0.15, -0.1) is 11.3 Å². The molecule has 0 fully saturated rings. The van der Waals surface area contributed by atoms with Gasteiger partial charge in [0.25, 0.3) is 5.91 Å². The van der Waals surface area contributed by atoms with Crippen LogP contribution in [0.25, 0.3) is 0 Å². The van der Waals surface area contributed by atoms with Gasteiger partial charge in [-0.3, -0.25) is 9.59 Å². The Balaban J connectivity index is 1.89. The minimum absolute atomic E-state index is 0.00568. The lowest BCUT2D eigenvalue weighted by Crippen LogP contribution is -2.34. The molecule has 1 heterocycles. The molecule has 5 nitrogen and oxygen atoms in total. The molecular formula is C18H22N2O3S. The van der Waals surface area contributed by atoms with Crippen molar-refractivity contribution in [3.05, 3.63) is 46.7 Å². The van der Waals surface area contributed by atoms with Gasteiger partial charge in [-0.25, -0.2) is 0 Å². The molecule has 0 saturated heterocycles. The Bertz CT molecular complexity index is 667. The maximum absolute atomic E-state index is 12.0. The fraction of sp³-hybridized carbons (Fsp3) is 0.333. The van der Waals surface area contributed by atoms with Crippen LogP contribution in [0.2, 0.25) is 0 Å². The molecular weight excluding hydrogens is 324 g/mol. The molecule has 2 aromatic rings. The second kappa shape index (κ2) is 9.08. The van der Waals surface area contributed by atoms with Crippen LogP contribution in [0.15, 0.2) is 41.8 Å². The molecule has 0 bridgehead atoms. The van der Waals surface area contributed by atoms with Crippen LogP contribution in [0.5, 0.6) is 5.75 Å². The third-order valence-corrected chi connectivity index (χ3v) is 4.39. The number of hydrogen-bond donors (Lipinski definition) is 1. The summed E-state index contributed by atoms with van der Waals surface area (Å²) in [6, 6.07) is 10.9. The summed E-state index contributed by atoms with van der Waals surface area (Å²) in [6.45, 7) is 5.19. The average molecular weight is 346 g/mol. The highest BCUT2D eigenvalue weighted by molar-refractivity contribution is 7.10. The second-order valence-corrected chi connectivity index (χ2v) is 6.22. The number of benzene rings is 1. The van der Waals surface area contributed by atoms with E-state index >= 15 is 0 Å². The Morgan fingerprint density at radius 2 is 1.96 bits per heavy atom. The van der Waals surface area contributed by atoms with E-state index in [1.807, 2.05) is 31.4 Å². The molecule has 0 spiro atoms. The quantitative estimate of drug-likeness (QED) is 0.799. The molecule has 0 aliphatic heterocycles. The van der Waals surface area contributed by atoms with Crippen LogP contribution in [0.4, 0.5) is 5.69 Å². The first-order chi connectivity index (χ1) is 11.6. The lowest BCUT2D eigenvalue weighted by atomic mass is 10.2. The Morgan fingerprint density at radius 3 is 2.62 bits per heavy atom. The summed E-state index contributed by atoms with van der Waals surface area (Å²) in [7, 11) is 0. The summed E-state index contributed by atoms with van der Waals surface area (Å²) < 4.78 is 5.54. The van der Waals surface area contributed by atoms with Crippen molar-refractivity contribution in [2.24, 2.45) is 0 Å². The SMILES string of the molecule is CCN(CC)C(=O)COc1cccc(NC(=O)Cc2cccs2)c1. The van der Waals surface area contributed by atoms with E-state index in [4.69, 9.17) is 4.74 Å². The number of thiophene rings is 1. The predicted molar refractivity (Wildman–Crippen MR) is 96.5 cm³/mol. The highest BCUT2D eigenvalue weighted by Gasteiger charge is 2.10. The van der Waals surface area contributed by atoms with Crippen molar-refractivity contribution in [1.82, 2.24) is 4.90 Å². The highest BCUT2D eigenvalue weighted by Crippen LogP contribution is 2.18. The zero-order chi connectivity index (χ0) is 17.4. The minimum atomic E-state index is -0.0752. The average Bonchev–Trinajstić information content (AvgIpc) is 3.07. The van der Waals surface area contributed by atoms with Crippen LogP contribution in [0.1, 0.15) is 18.7 Å². The number of nitrogens with zero attached hydrogens (tertiary/aromatic N) is 1. The van der Waals surface area contributed by atoms with Gasteiger partial charge in [0.05, 0.1) is 6.42 Å². The van der Waals surface area contributed by atoms with Crippen molar-refractivity contribution < 1.29 is 14.3 Å². The number of amides is 2. The van der Waals surface area contributed by atoms with Crippen molar-refractivity contribution in [2.45, 2.75) is 20.3 Å². The van der Waals surface area contributed by atoms with Crippen molar-refractivity contribution in [3.8, 4) is 5.75 Å². The lowest BCUT2D eigenvalue weighted by molar-refractivity contribution is -0.133. The standard InChI is InChI=1S/C18H22N2O3S/c1-3-20(4-2)18(22)13-23-15-8-5-7-14(11-15)19-17(21)12-16-9-6-10-24-16/h5-11H,3-4,12-13H2,1-2H3,(H,19,21). The topological polar surface area (TPSA) is 58.6 Å². The van der Waals surface area contributed by atoms with Crippen LogP contribution in [-0.4, -0.2) is 36.4 Å². The van der Waals surface area contributed by atoms with Gasteiger partial charge in [-0.1, -0.05) is 12.1 Å². The number of carbonyl (C=O) groups excluding carboxylic acids is 2. The van der Waals surface area contributed by atoms with E-state index in [1.54, 1.807) is 40.5 Å². The largest absolute Gasteiger partial charge is 0.484 e. The van der Waals surface area contributed by atoms with Gasteiger partial charge in [0.2, 0.25) is 5.91 Å². The van der Waals surface area contributed by atoms with Gasteiger partial charge >= 0.3 is 0 Å². The summed E-state index contributed by atoms with van der Waals surface area (Å²) in [4.78, 5) is 26.7. The van der Waals surface area contributed by atoms with Crippen LogP contribution < -0.4 is 10.1 Å². The van der Waals surface area contributed by atoms with Gasteiger partial charge in [-0.2, -0.15) is 0 Å².